The van der Waals surface area contributed by atoms with Crippen LogP contribution in [-0.4, -0.2) is 47.9 Å². The monoisotopic (exact) mass is 216 g/mol. The third-order valence-corrected chi connectivity index (χ3v) is 4.32. The normalized spacial score (nSPS) is 38.8. The van der Waals surface area contributed by atoms with Crippen LogP contribution in [0.15, 0.2) is 0 Å². The minimum atomic E-state index is -0.484. The number of thioether (sulfide) groups is 1. The van der Waals surface area contributed by atoms with Crippen molar-refractivity contribution in [1.29, 1.82) is 0 Å². The van der Waals surface area contributed by atoms with Crippen molar-refractivity contribution in [3.05, 3.63) is 0 Å². The van der Waals surface area contributed by atoms with Crippen LogP contribution in [0.5, 0.6) is 0 Å². The van der Waals surface area contributed by atoms with E-state index in [0.29, 0.717) is 6.04 Å². The molecule has 0 radical (unpaired) electrons. The minimum absolute atomic E-state index is 0.484. The van der Waals surface area contributed by atoms with E-state index in [2.05, 4.69) is 10.6 Å². The smallest absolute Gasteiger partial charge is 0.0907 e. The molecule has 2 fully saturated rings. The van der Waals surface area contributed by atoms with Gasteiger partial charge in [0.15, 0.2) is 0 Å². The Morgan fingerprint density at radius 3 is 3.14 bits per heavy atom. The predicted octanol–water partition coefficient (Wildman–Crippen LogP) is 0.196. The summed E-state index contributed by atoms with van der Waals surface area (Å²) in [4.78, 5) is 0. The number of aliphatic hydroxyl groups is 1. The predicted molar refractivity (Wildman–Crippen MR) is 60.8 cm³/mol. The first-order chi connectivity index (χ1) is 6.79. The van der Waals surface area contributed by atoms with Gasteiger partial charge in [0.25, 0.3) is 0 Å². The second-order valence-electron chi connectivity index (χ2n) is 4.45. The molecule has 0 amide bonds. The molecule has 2 unspecified atom stereocenters. The van der Waals surface area contributed by atoms with Crippen LogP contribution in [0.25, 0.3) is 0 Å². The Morgan fingerprint density at radius 2 is 2.50 bits per heavy atom. The van der Waals surface area contributed by atoms with E-state index in [1.807, 2.05) is 11.8 Å². The van der Waals surface area contributed by atoms with Gasteiger partial charge in [-0.25, -0.2) is 0 Å². The lowest BCUT2D eigenvalue weighted by molar-refractivity contribution is 0.0584. The molecule has 3 nitrogen and oxygen atoms in total. The molecule has 0 spiro atoms. The molecule has 0 aromatic heterocycles. The molecule has 0 aromatic rings. The molecule has 0 aliphatic carbocycles. The average molecular weight is 216 g/mol. The highest BCUT2D eigenvalue weighted by Crippen LogP contribution is 2.18. The van der Waals surface area contributed by atoms with Crippen LogP contribution in [0.1, 0.15) is 19.3 Å². The van der Waals surface area contributed by atoms with Gasteiger partial charge in [0.1, 0.15) is 0 Å². The summed E-state index contributed by atoms with van der Waals surface area (Å²) in [6.07, 6.45) is 3.48. The van der Waals surface area contributed by atoms with Crippen LogP contribution in [-0.2, 0) is 0 Å². The highest BCUT2D eigenvalue weighted by Gasteiger charge is 2.31. The Balaban J connectivity index is 1.70. The molecule has 2 saturated heterocycles. The topological polar surface area (TPSA) is 44.3 Å². The summed E-state index contributed by atoms with van der Waals surface area (Å²) in [6, 6.07) is 0.623. The van der Waals surface area contributed by atoms with Gasteiger partial charge in [-0.3, -0.25) is 0 Å². The number of rotatable bonds is 3. The molecule has 2 atom stereocenters. The van der Waals surface area contributed by atoms with Crippen molar-refractivity contribution in [3.63, 3.8) is 0 Å². The van der Waals surface area contributed by atoms with Crippen molar-refractivity contribution >= 4 is 11.8 Å². The molecule has 4 heteroatoms. The van der Waals surface area contributed by atoms with E-state index in [4.69, 9.17) is 0 Å². The van der Waals surface area contributed by atoms with E-state index in [-0.39, 0.29) is 0 Å². The van der Waals surface area contributed by atoms with Gasteiger partial charge in [0.2, 0.25) is 0 Å². The average Bonchev–Trinajstić information content (AvgIpc) is 2.65. The molecular formula is C10H20N2OS. The molecule has 2 aliphatic heterocycles. The van der Waals surface area contributed by atoms with Crippen LogP contribution < -0.4 is 10.6 Å². The first kappa shape index (κ1) is 10.7. The van der Waals surface area contributed by atoms with E-state index in [1.165, 1.54) is 24.3 Å². The minimum Gasteiger partial charge on any atom is -0.387 e. The summed E-state index contributed by atoms with van der Waals surface area (Å²) in [6.45, 7) is 2.46. The van der Waals surface area contributed by atoms with Crippen molar-refractivity contribution in [2.24, 2.45) is 0 Å². The summed E-state index contributed by atoms with van der Waals surface area (Å²) in [7, 11) is 0. The first-order valence-corrected chi connectivity index (χ1v) is 6.68. The Kier molecular flexibility index (Phi) is 3.71. The van der Waals surface area contributed by atoms with Crippen LogP contribution in [0.4, 0.5) is 0 Å². The van der Waals surface area contributed by atoms with Crippen LogP contribution in [0.2, 0.25) is 0 Å². The lowest BCUT2D eigenvalue weighted by Gasteiger charge is -2.28. The van der Waals surface area contributed by atoms with Gasteiger partial charge in [-0.15, -0.1) is 0 Å². The molecule has 0 bridgehead atoms. The fourth-order valence-corrected chi connectivity index (χ4v) is 3.22. The second-order valence-corrected chi connectivity index (χ2v) is 5.60. The number of hydrogen-bond acceptors (Lipinski definition) is 4. The lowest BCUT2D eigenvalue weighted by atomic mass is 10.0. The summed E-state index contributed by atoms with van der Waals surface area (Å²) < 4.78 is 0. The fraction of sp³-hybridized carbons (Fsp3) is 1.00. The summed E-state index contributed by atoms with van der Waals surface area (Å²) >= 11 is 2.02. The van der Waals surface area contributed by atoms with Gasteiger partial charge in [0, 0.05) is 24.9 Å². The number of β-amino-alcohol motifs (C(OH)–C–C–N with tert-alkyl or cyclic N) is 1. The van der Waals surface area contributed by atoms with Gasteiger partial charge in [-0.1, -0.05) is 0 Å². The largest absolute Gasteiger partial charge is 0.387 e. The second kappa shape index (κ2) is 4.84. The molecule has 2 aliphatic rings. The van der Waals surface area contributed by atoms with E-state index in [9.17, 15) is 5.11 Å². The maximum Gasteiger partial charge on any atom is 0.0907 e. The maximum atomic E-state index is 10.1. The summed E-state index contributed by atoms with van der Waals surface area (Å²) in [5.41, 5.74) is -0.484. The van der Waals surface area contributed by atoms with E-state index in [0.717, 1.165) is 26.1 Å². The zero-order chi connectivity index (χ0) is 9.86. The third kappa shape index (κ3) is 2.86. The fourth-order valence-electron chi connectivity index (χ4n) is 2.12. The van der Waals surface area contributed by atoms with Crippen molar-refractivity contribution in [3.8, 4) is 0 Å². The number of nitrogens with one attached hydrogen (secondary N) is 2. The molecule has 2 heterocycles. The van der Waals surface area contributed by atoms with Gasteiger partial charge in [-0.05, 0) is 31.6 Å². The van der Waals surface area contributed by atoms with E-state index >= 15 is 0 Å². The standard InChI is InChI=1S/C10H20N2OS/c13-10(3-4-11-7-10)8-12-9-2-1-5-14-6-9/h9,11-13H,1-8H2. The quantitative estimate of drug-likeness (QED) is 0.630. The zero-order valence-corrected chi connectivity index (χ0v) is 9.41. The van der Waals surface area contributed by atoms with Gasteiger partial charge >= 0.3 is 0 Å². The van der Waals surface area contributed by atoms with Crippen LogP contribution in [0.3, 0.4) is 0 Å². The third-order valence-electron chi connectivity index (χ3n) is 3.10. The Morgan fingerprint density at radius 1 is 1.57 bits per heavy atom. The molecular weight excluding hydrogens is 196 g/mol. The van der Waals surface area contributed by atoms with E-state index < -0.39 is 5.60 Å². The van der Waals surface area contributed by atoms with Gasteiger partial charge in [-0.2, -0.15) is 11.8 Å². The van der Waals surface area contributed by atoms with Crippen molar-refractivity contribution in [2.75, 3.05) is 31.1 Å². The lowest BCUT2D eigenvalue weighted by Crippen LogP contribution is -2.47. The Bertz CT molecular complexity index is 177. The SMILES string of the molecule is OC1(CNC2CCCSC2)CCNC1. The van der Waals surface area contributed by atoms with Gasteiger partial charge < -0.3 is 15.7 Å². The summed E-state index contributed by atoms with van der Waals surface area (Å²) in [5, 5.41) is 16.8. The molecule has 82 valence electrons. The molecule has 3 N–H and O–H groups in total. The van der Waals surface area contributed by atoms with Crippen molar-refractivity contribution < 1.29 is 5.11 Å². The van der Waals surface area contributed by atoms with Crippen LogP contribution in [0, 0.1) is 0 Å². The zero-order valence-electron chi connectivity index (χ0n) is 8.59. The van der Waals surface area contributed by atoms with Crippen LogP contribution >= 0.6 is 11.8 Å². The van der Waals surface area contributed by atoms with Crippen molar-refractivity contribution in [1.82, 2.24) is 10.6 Å². The number of hydrogen-bond donors (Lipinski definition) is 3. The Labute approximate surface area is 90.0 Å². The molecule has 0 aromatic carbocycles. The first-order valence-electron chi connectivity index (χ1n) is 5.53. The highest BCUT2D eigenvalue weighted by atomic mass is 32.2. The molecule has 2 rings (SSSR count). The highest BCUT2D eigenvalue weighted by molar-refractivity contribution is 7.99. The van der Waals surface area contributed by atoms with Gasteiger partial charge in [0.05, 0.1) is 5.60 Å². The summed E-state index contributed by atoms with van der Waals surface area (Å²) in [5.74, 6) is 2.52. The molecule has 14 heavy (non-hydrogen) atoms. The van der Waals surface area contributed by atoms with Crippen molar-refractivity contribution in [2.45, 2.75) is 30.9 Å². The maximum absolute atomic E-state index is 10.1. The molecule has 0 saturated carbocycles. The Hall–Kier alpha value is 0.230. The van der Waals surface area contributed by atoms with E-state index in [1.54, 1.807) is 0 Å².